The van der Waals surface area contributed by atoms with Crippen LogP contribution in [-0.2, 0) is 0 Å². The zero-order valence-electron chi connectivity index (χ0n) is 9.27. The maximum absolute atomic E-state index is 2.32. The average Bonchev–Trinajstić information content (AvgIpc) is 2.01. The van der Waals surface area contributed by atoms with E-state index in [2.05, 4.69) is 32.9 Å². The molecule has 13 heavy (non-hydrogen) atoms. The van der Waals surface area contributed by atoms with Crippen LogP contribution in [-0.4, -0.2) is 0 Å². The monoisotopic (exact) mass is 178 g/mol. The lowest BCUT2D eigenvalue weighted by Crippen LogP contribution is -2.10. The van der Waals surface area contributed by atoms with Crippen LogP contribution in [0.15, 0.2) is 23.3 Å². The minimum absolute atomic E-state index is 1.05. The molecule has 0 bridgehead atoms. The van der Waals surface area contributed by atoms with Gasteiger partial charge < -0.3 is 0 Å². The van der Waals surface area contributed by atoms with Crippen molar-refractivity contribution >= 4 is 0 Å². The first-order valence-electron chi connectivity index (χ1n) is 5.52. The molecule has 0 saturated heterocycles. The van der Waals surface area contributed by atoms with E-state index in [1.165, 1.54) is 37.7 Å². The quantitative estimate of drug-likeness (QED) is 0.557. The minimum atomic E-state index is 1.05. The predicted octanol–water partition coefficient (Wildman–Crippen LogP) is 4.48. The Balaban J connectivity index is 2.22. The summed E-state index contributed by atoms with van der Waals surface area (Å²) in [5, 5.41) is 0. The Kier molecular flexibility index (Phi) is 4.27. The second kappa shape index (κ2) is 5.26. The van der Waals surface area contributed by atoms with Gasteiger partial charge in [-0.15, -0.1) is 0 Å². The van der Waals surface area contributed by atoms with Gasteiger partial charge in [0.15, 0.2) is 0 Å². The molecule has 1 fully saturated rings. The van der Waals surface area contributed by atoms with Crippen molar-refractivity contribution in [2.24, 2.45) is 5.92 Å². The largest absolute Gasteiger partial charge is 0.0847 e. The summed E-state index contributed by atoms with van der Waals surface area (Å²) in [6, 6.07) is 0. The topological polar surface area (TPSA) is 0 Å². The van der Waals surface area contributed by atoms with Crippen LogP contribution in [0.5, 0.6) is 0 Å². The van der Waals surface area contributed by atoms with Crippen LogP contribution >= 0.6 is 0 Å². The molecule has 1 aliphatic rings. The van der Waals surface area contributed by atoms with Gasteiger partial charge in [-0.25, -0.2) is 0 Å². The lowest BCUT2D eigenvalue weighted by molar-refractivity contribution is 0.296. The van der Waals surface area contributed by atoms with E-state index in [0.29, 0.717) is 0 Å². The van der Waals surface area contributed by atoms with Gasteiger partial charge >= 0.3 is 0 Å². The van der Waals surface area contributed by atoms with Crippen molar-refractivity contribution in [3.05, 3.63) is 23.3 Å². The van der Waals surface area contributed by atoms with Crippen LogP contribution in [0, 0.1) is 5.92 Å². The molecular formula is C13H22. The molecule has 0 spiro atoms. The van der Waals surface area contributed by atoms with Gasteiger partial charge in [-0.2, -0.15) is 0 Å². The third kappa shape index (κ3) is 3.80. The number of hydrogen-bond acceptors (Lipinski definition) is 0. The highest BCUT2D eigenvalue weighted by Crippen LogP contribution is 2.31. The zero-order chi connectivity index (χ0) is 9.68. The lowest BCUT2D eigenvalue weighted by atomic mass is 9.81. The molecule has 0 unspecified atom stereocenters. The highest BCUT2D eigenvalue weighted by atomic mass is 14.2. The van der Waals surface area contributed by atoms with Crippen LogP contribution in [0.4, 0.5) is 0 Å². The number of rotatable bonds is 4. The standard InChI is InChI=1S/C13H22/c1-4-11(2)10-12(3)8-9-13-6-5-7-13/h4,10,13H,5-9H2,1-3H3. The van der Waals surface area contributed by atoms with Crippen LogP contribution in [0.2, 0.25) is 0 Å². The van der Waals surface area contributed by atoms with Crippen molar-refractivity contribution in [2.45, 2.75) is 52.9 Å². The Morgan fingerprint density at radius 3 is 2.46 bits per heavy atom. The van der Waals surface area contributed by atoms with Crippen molar-refractivity contribution in [3.63, 3.8) is 0 Å². The molecule has 0 heterocycles. The summed E-state index contributed by atoms with van der Waals surface area (Å²) in [6.07, 6.45) is 11.6. The van der Waals surface area contributed by atoms with E-state index in [9.17, 15) is 0 Å². The molecule has 0 radical (unpaired) electrons. The first kappa shape index (κ1) is 10.6. The van der Waals surface area contributed by atoms with Crippen molar-refractivity contribution in [3.8, 4) is 0 Å². The van der Waals surface area contributed by atoms with Crippen LogP contribution < -0.4 is 0 Å². The fourth-order valence-corrected chi connectivity index (χ4v) is 1.76. The summed E-state index contributed by atoms with van der Waals surface area (Å²) in [4.78, 5) is 0. The number of hydrogen-bond donors (Lipinski definition) is 0. The van der Waals surface area contributed by atoms with Crippen LogP contribution in [0.1, 0.15) is 52.9 Å². The summed E-state index contributed by atoms with van der Waals surface area (Å²) < 4.78 is 0. The Morgan fingerprint density at radius 1 is 1.31 bits per heavy atom. The molecule has 1 aliphatic carbocycles. The molecule has 0 aromatic heterocycles. The maximum atomic E-state index is 2.32. The number of allylic oxidation sites excluding steroid dienone is 4. The van der Waals surface area contributed by atoms with E-state index in [1.54, 1.807) is 5.57 Å². The fraction of sp³-hybridized carbons (Fsp3) is 0.692. The highest BCUT2D eigenvalue weighted by Gasteiger charge is 2.16. The summed E-state index contributed by atoms with van der Waals surface area (Å²) in [7, 11) is 0. The van der Waals surface area contributed by atoms with Gasteiger partial charge in [0.25, 0.3) is 0 Å². The van der Waals surface area contributed by atoms with Gasteiger partial charge in [-0.1, -0.05) is 42.6 Å². The highest BCUT2D eigenvalue weighted by molar-refractivity contribution is 5.19. The second-order valence-electron chi connectivity index (χ2n) is 4.36. The van der Waals surface area contributed by atoms with Crippen LogP contribution in [0.25, 0.3) is 0 Å². The average molecular weight is 178 g/mol. The van der Waals surface area contributed by atoms with Gasteiger partial charge in [0.1, 0.15) is 0 Å². The molecule has 1 saturated carbocycles. The second-order valence-corrected chi connectivity index (χ2v) is 4.36. The summed E-state index contributed by atoms with van der Waals surface area (Å²) >= 11 is 0. The molecule has 1 rings (SSSR count). The molecule has 0 aliphatic heterocycles. The Hall–Kier alpha value is -0.520. The first-order chi connectivity index (χ1) is 6.22. The van der Waals surface area contributed by atoms with Crippen LogP contribution in [0.3, 0.4) is 0 Å². The van der Waals surface area contributed by atoms with E-state index in [1.807, 2.05) is 0 Å². The van der Waals surface area contributed by atoms with Gasteiger partial charge in [0.2, 0.25) is 0 Å². The molecule has 0 atom stereocenters. The van der Waals surface area contributed by atoms with Gasteiger partial charge in [0.05, 0.1) is 0 Å². The zero-order valence-corrected chi connectivity index (χ0v) is 9.27. The van der Waals surface area contributed by atoms with Crippen molar-refractivity contribution < 1.29 is 0 Å². The lowest BCUT2D eigenvalue weighted by Gasteiger charge is -2.25. The Labute approximate surface area is 82.7 Å². The Bertz CT molecular complexity index is 204. The third-order valence-electron chi connectivity index (χ3n) is 3.10. The van der Waals surface area contributed by atoms with Crippen molar-refractivity contribution in [1.82, 2.24) is 0 Å². The van der Waals surface area contributed by atoms with Crippen molar-refractivity contribution in [1.29, 1.82) is 0 Å². The third-order valence-corrected chi connectivity index (χ3v) is 3.10. The smallest absolute Gasteiger partial charge is 0.0317 e. The molecule has 0 heteroatoms. The summed E-state index contributed by atoms with van der Waals surface area (Å²) in [6.45, 7) is 6.53. The SMILES string of the molecule is CC=C(C)C=C(C)CCC1CCC1. The fourth-order valence-electron chi connectivity index (χ4n) is 1.76. The molecule has 0 aromatic carbocycles. The molecular weight excluding hydrogens is 156 g/mol. The maximum Gasteiger partial charge on any atom is -0.0317 e. The van der Waals surface area contributed by atoms with Gasteiger partial charge in [0, 0.05) is 0 Å². The normalized spacial score (nSPS) is 20.2. The molecule has 0 N–H and O–H groups in total. The van der Waals surface area contributed by atoms with E-state index in [-0.39, 0.29) is 0 Å². The van der Waals surface area contributed by atoms with E-state index >= 15 is 0 Å². The molecule has 0 amide bonds. The molecule has 0 nitrogen and oxygen atoms in total. The van der Waals surface area contributed by atoms with E-state index in [0.717, 1.165) is 5.92 Å². The molecule has 0 aromatic rings. The van der Waals surface area contributed by atoms with Gasteiger partial charge in [-0.3, -0.25) is 0 Å². The summed E-state index contributed by atoms with van der Waals surface area (Å²) in [5.41, 5.74) is 2.94. The first-order valence-corrected chi connectivity index (χ1v) is 5.52. The Morgan fingerprint density at radius 2 is 2.00 bits per heavy atom. The predicted molar refractivity (Wildman–Crippen MR) is 59.8 cm³/mol. The minimum Gasteiger partial charge on any atom is -0.0847 e. The molecule has 74 valence electrons. The van der Waals surface area contributed by atoms with Gasteiger partial charge in [-0.05, 0) is 39.5 Å². The summed E-state index contributed by atoms with van der Waals surface area (Å²) in [5.74, 6) is 1.05. The van der Waals surface area contributed by atoms with E-state index < -0.39 is 0 Å². The van der Waals surface area contributed by atoms with Crippen molar-refractivity contribution in [2.75, 3.05) is 0 Å². The van der Waals surface area contributed by atoms with E-state index in [4.69, 9.17) is 0 Å².